The highest BCUT2D eigenvalue weighted by molar-refractivity contribution is 6.14. The van der Waals surface area contributed by atoms with E-state index in [-0.39, 0.29) is 0 Å². The molecule has 0 fully saturated rings. The molecular formula is C50H29N5. The molecule has 0 bridgehead atoms. The number of aromatic nitrogens is 3. The summed E-state index contributed by atoms with van der Waals surface area (Å²) in [7, 11) is 0. The minimum Gasteiger partial charge on any atom is -0.309 e. The van der Waals surface area contributed by atoms with Crippen LogP contribution in [0.5, 0.6) is 0 Å². The van der Waals surface area contributed by atoms with Crippen LogP contribution in [-0.4, -0.2) is 13.7 Å². The normalized spacial score (nSPS) is 11.6. The summed E-state index contributed by atoms with van der Waals surface area (Å²) < 4.78 is 6.95. The van der Waals surface area contributed by atoms with Gasteiger partial charge in [0.25, 0.3) is 0 Å². The molecule has 0 N–H and O–H groups in total. The molecule has 0 atom stereocenters. The van der Waals surface area contributed by atoms with Crippen molar-refractivity contribution in [1.29, 1.82) is 10.5 Å². The van der Waals surface area contributed by atoms with Crippen molar-refractivity contribution < 1.29 is 0 Å². The first-order valence-electron chi connectivity index (χ1n) is 18.3. The van der Waals surface area contributed by atoms with Crippen LogP contribution in [0.2, 0.25) is 0 Å². The van der Waals surface area contributed by atoms with Crippen LogP contribution >= 0.6 is 0 Å². The SMILES string of the molecule is N#Cc1ccc(-c2ccccc2-n2c3ccccc3c3c(C#N)cccc32)c(-n2c3ccccc3c3ccc(-n4c5ccccc5c5ccccc54)cc32)c1. The van der Waals surface area contributed by atoms with Crippen molar-refractivity contribution in [3.05, 3.63) is 187 Å². The lowest BCUT2D eigenvalue weighted by Crippen LogP contribution is -2.02. The topological polar surface area (TPSA) is 62.4 Å². The fourth-order valence-corrected chi connectivity index (χ4v) is 8.84. The van der Waals surface area contributed by atoms with Gasteiger partial charge in [0.1, 0.15) is 0 Å². The van der Waals surface area contributed by atoms with Gasteiger partial charge in [-0.25, -0.2) is 0 Å². The Balaban J connectivity index is 1.23. The van der Waals surface area contributed by atoms with Gasteiger partial charge in [-0.1, -0.05) is 109 Å². The lowest BCUT2D eigenvalue weighted by Gasteiger charge is -2.19. The van der Waals surface area contributed by atoms with Gasteiger partial charge in [-0.05, 0) is 66.7 Å². The van der Waals surface area contributed by atoms with Gasteiger partial charge in [0.05, 0.1) is 67.7 Å². The Morgan fingerprint density at radius 3 is 1.55 bits per heavy atom. The number of nitriles is 2. The highest BCUT2D eigenvalue weighted by atomic mass is 15.0. The third kappa shape index (κ3) is 4.39. The summed E-state index contributed by atoms with van der Waals surface area (Å²) in [6.45, 7) is 0. The van der Waals surface area contributed by atoms with E-state index in [4.69, 9.17) is 0 Å². The van der Waals surface area contributed by atoms with Crippen molar-refractivity contribution in [1.82, 2.24) is 13.7 Å². The quantitative estimate of drug-likeness (QED) is 0.184. The lowest BCUT2D eigenvalue weighted by atomic mass is 9.99. The van der Waals surface area contributed by atoms with E-state index in [1.807, 2.05) is 36.4 Å². The Bertz CT molecular complexity index is 3420. The summed E-state index contributed by atoms with van der Waals surface area (Å²) in [6.07, 6.45) is 0. The van der Waals surface area contributed by atoms with Crippen molar-refractivity contribution >= 4 is 65.4 Å². The van der Waals surface area contributed by atoms with Crippen molar-refractivity contribution in [2.75, 3.05) is 0 Å². The molecule has 8 aromatic carbocycles. The largest absolute Gasteiger partial charge is 0.309 e. The van der Waals surface area contributed by atoms with Gasteiger partial charge in [-0.3, -0.25) is 0 Å². The fourth-order valence-electron chi connectivity index (χ4n) is 8.84. The van der Waals surface area contributed by atoms with E-state index in [1.54, 1.807) is 0 Å². The maximum absolute atomic E-state index is 10.3. The van der Waals surface area contributed by atoms with E-state index < -0.39 is 0 Å². The molecule has 3 aromatic heterocycles. The van der Waals surface area contributed by atoms with E-state index in [0.29, 0.717) is 11.1 Å². The molecule has 3 heterocycles. The van der Waals surface area contributed by atoms with E-state index in [9.17, 15) is 10.5 Å². The van der Waals surface area contributed by atoms with Gasteiger partial charge >= 0.3 is 0 Å². The van der Waals surface area contributed by atoms with Crippen molar-refractivity contribution in [2.24, 2.45) is 0 Å². The summed E-state index contributed by atoms with van der Waals surface area (Å²) in [5.74, 6) is 0. The van der Waals surface area contributed by atoms with Gasteiger partial charge < -0.3 is 13.7 Å². The van der Waals surface area contributed by atoms with Crippen LogP contribution in [-0.2, 0) is 0 Å². The number of hydrogen-bond donors (Lipinski definition) is 0. The molecule has 11 rings (SSSR count). The minimum atomic E-state index is 0.580. The van der Waals surface area contributed by atoms with Crippen LogP contribution in [0.15, 0.2) is 176 Å². The van der Waals surface area contributed by atoms with Crippen molar-refractivity contribution in [3.8, 4) is 40.3 Å². The summed E-state index contributed by atoms with van der Waals surface area (Å²) in [5, 5.41) is 27.2. The Morgan fingerprint density at radius 2 is 0.873 bits per heavy atom. The molecule has 55 heavy (non-hydrogen) atoms. The van der Waals surface area contributed by atoms with Crippen LogP contribution in [0.3, 0.4) is 0 Å². The lowest BCUT2D eigenvalue weighted by molar-refractivity contribution is 1.15. The van der Waals surface area contributed by atoms with Gasteiger partial charge in [-0.15, -0.1) is 0 Å². The molecule has 0 spiro atoms. The highest BCUT2D eigenvalue weighted by Crippen LogP contribution is 2.42. The average Bonchev–Trinajstić information content (AvgIpc) is 3.89. The monoisotopic (exact) mass is 699 g/mol. The van der Waals surface area contributed by atoms with Gasteiger partial charge in [-0.2, -0.15) is 10.5 Å². The molecular weight excluding hydrogens is 671 g/mol. The maximum Gasteiger partial charge on any atom is 0.0998 e. The van der Waals surface area contributed by atoms with Crippen LogP contribution in [0.25, 0.3) is 93.6 Å². The van der Waals surface area contributed by atoms with Gasteiger partial charge in [0.15, 0.2) is 0 Å². The van der Waals surface area contributed by atoms with E-state index in [2.05, 4.69) is 165 Å². The summed E-state index contributed by atoms with van der Waals surface area (Å²) in [5.41, 5.74) is 12.6. The first-order valence-corrected chi connectivity index (χ1v) is 18.3. The Kier molecular flexibility index (Phi) is 6.61. The number of benzene rings is 8. The van der Waals surface area contributed by atoms with Gasteiger partial charge in [0, 0.05) is 49.1 Å². The van der Waals surface area contributed by atoms with E-state index in [0.717, 1.165) is 82.8 Å². The number of nitrogens with zero attached hydrogens (tertiary/aromatic N) is 5. The molecule has 5 heteroatoms. The van der Waals surface area contributed by atoms with Crippen LogP contribution in [0.1, 0.15) is 11.1 Å². The van der Waals surface area contributed by atoms with Crippen LogP contribution in [0, 0.1) is 22.7 Å². The molecule has 0 aliphatic heterocycles. The molecule has 0 unspecified atom stereocenters. The number of para-hydroxylation sites is 5. The summed E-state index contributed by atoms with van der Waals surface area (Å²) in [4.78, 5) is 0. The third-order valence-electron chi connectivity index (χ3n) is 11.1. The second kappa shape index (κ2) is 11.8. The van der Waals surface area contributed by atoms with Crippen LogP contribution < -0.4 is 0 Å². The second-order valence-corrected chi connectivity index (χ2v) is 13.9. The number of rotatable bonds is 4. The molecule has 254 valence electrons. The third-order valence-corrected chi connectivity index (χ3v) is 11.1. The number of fused-ring (bicyclic) bond motifs is 9. The van der Waals surface area contributed by atoms with E-state index >= 15 is 0 Å². The summed E-state index contributed by atoms with van der Waals surface area (Å²) in [6, 6.07) is 66.0. The minimum absolute atomic E-state index is 0.580. The van der Waals surface area contributed by atoms with Crippen molar-refractivity contribution in [2.45, 2.75) is 0 Å². The van der Waals surface area contributed by atoms with E-state index in [1.165, 1.54) is 10.8 Å². The molecule has 0 aliphatic rings. The van der Waals surface area contributed by atoms with Gasteiger partial charge in [0.2, 0.25) is 0 Å². The molecule has 0 amide bonds. The molecule has 0 aliphatic carbocycles. The standard InChI is InChI=1S/C50H29N5/c51-30-32-24-26-39(37-15-3-8-20-44(37)54-46-22-10-5-17-41(46)50-33(31-52)12-11-23-47(50)54)48(28-32)55-45-21-9-4-16-38(45)40-27-25-34(29-49(40)55)53-42-18-6-1-13-35(42)36-14-2-7-19-43(36)53/h1-29H. The first-order chi connectivity index (χ1) is 27.2. The Morgan fingerprint density at radius 1 is 0.345 bits per heavy atom. The predicted octanol–water partition coefficient (Wildman–Crippen LogP) is 12.4. The molecule has 11 aromatic rings. The smallest absolute Gasteiger partial charge is 0.0998 e. The zero-order valence-corrected chi connectivity index (χ0v) is 29.5. The molecule has 5 nitrogen and oxygen atoms in total. The highest BCUT2D eigenvalue weighted by Gasteiger charge is 2.22. The first kappa shape index (κ1) is 30.7. The van der Waals surface area contributed by atoms with Crippen molar-refractivity contribution in [3.63, 3.8) is 0 Å². The predicted molar refractivity (Wildman–Crippen MR) is 224 cm³/mol. The maximum atomic E-state index is 10.3. The number of hydrogen-bond acceptors (Lipinski definition) is 2. The Labute approximate surface area is 316 Å². The van der Waals surface area contributed by atoms with Crippen LogP contribution in [0.4, 0.5) is 0 Å². The molecule has 0 radical (unpaired) electrons. The Hall–Kier alpha value is -7.86. The average molecular weight is 700 g/mol. The zero-order valence-electron chi connectivity index (χ0n) is 29.5. The summed E-state index contributed by atoms with van der Waals surface area (Å²) >= 11 is 0. The molecule has 0 saturated carbocycles. The zero-order chi connectivity index (χ0) is 36.6. The second-order valence-electron chi connectivity index (χ2n) is 13.9. The molecule has 0 saturated heterocycles. The fraction of sp³-hybridized carbons (Fsp3) is 0.